The van der Waals surface area contributed by atoms with Gasteiger partial charge in [-0.15, -0.1) is 11.8 Å². The number of hydrogen-bond acceptors (Lipinski definition) is 24. The smallest absolute Gasteiger partial charge is 0.359 e. The number of hydrogen-bond donors (Lipinski definition) is 1. The van der Waals surface area contributed by atoms with Gasteiger partial charge in [-0.25, -0.2) is 57.8 Å². The van der Waals surface area contributed by atoms with E-state index in [0.29, 0.717) is 88.9 Å². The van der Waals surface area contributed by atoms with E-state index in [1.165, 1.54) is 75.7 Å². The fourth-order valence-electron chi connectivity index (χ4n) is 11.2. The molecule has 8 aromatic carbocycles. The summed E-state index contributed by atoms with van der Waals surface area (Å²) in [5, 5.41) is 31.8. The Kier molecular flexibility index (Phi) is 25.9. The van der Waals surface area contributed by atoms with Crippen molar-refractivity contribution in [2.24, 2.45) is 0 Å². The van der Waals surface area contributed by atoms with Crippen LogP contribution in [0.5, 0.6) is 0 Å². The van der Waals surface area contributed by atoms with E-state index >= 15 is 0 Å². The predicted octanol–water partition coefficient (Wildman–Crippen LogP) is 20.2. The number of carboxylic acid groups (broad SMARTS) is 1. The van der Waals surface area contributed by atoms with Gasteiger partial charge in [-0.1, -0.05) is 190 Å². The predicted molar refractivity (Wildman–Crippen MR) is 449 cm³/mol. The van der Waals surface area contributed by atoms with Crippen LogP contribution in [0.3, 0.4) is 0 Å². The number of methoxy groups -OCH3 is 1. The molecule has 24 nitrogen and oxygen atoms in total. The molecular weight excluding hydrogens is 1630 g/mol. The highest BCUT2D eigenvalue weighted by Gasteiger charge is 2.27. The highest BCUT2D eigenvalue weighted by atomic mass is 35.5. The molecule has 16 aromatic rings. The van der Waals surface area contributed by atoms with Gasteiger partial charge in [0.05, 0.1) is 56.6 Å². The van der Waals surface area contributed by atoms with Gasteiger partial charge in [-0.05, 0) is 160 Å². The number of carbonyl (C=O) groups is 4. The van der Waals surface area contributed by atoms with Gasteiger partial charge >= 0.3 is 23.9 Å². The summed E-state index contributed by atoms with van der Waals surface area (Å²) in [6.45, 7) is 10.1. The number of rotatable bonds is 19. The largest absolute Gasteiger partial charge is 0.476 e. The number of aryl methyl sites for hydroxylation is 4. The molecule has 0 aliphatic rings. The maximum absolute atomic E-state index is 12.4. The lowest BCUT2D eigenvalue weighted by Gasteiger charge is -2.06. The number of carbonyl (C=O) groups excluding carboxylic acids is 3. The van der Waals surface area contributed by atoms with Crippen LogP contribution in [0.2, 0.25) is 20.1 Å². The van der Waals surface area contributed by atoms with Gasteiger partial charge in [-0.3, -0.25) is 0 Å². The highest BCUT2D eigenvalue weighted by Crippen LogP contribution is 2.37. The third kappa shape index (κ3) is 18.8. The molecule has 0 aliphatic carbocycles. The van der Waals surface area contributed by atoms with Crippen molar-refractivity contribution in [3.8, 4) is 111 Å². The number of benzene rings is 8. The molecule has 114 heavy (non-hydrogen) atoms. The number of halogens is 4. The van der Waals surface area contributed by atoms with E-state index < -0.39 is 23.9 Å². The number of nitrogens with zero attached hydrogens (tertiary/aromatic N) is 16. The van der Waals surface area contributed by atoms with Crippen LogP contribution in [0.15, 0.2) is 218 Å². The van der Waals surface area contributed by atoms with Gasteiger partial charge < -0.3 is 19.3 Å². The van der Waals surface area contributed by atoms with E-state index in [-0.39, 0.29) is 35.3 Å². The molecule has 0 amide bonds. The quantitative estimate of drug-likeness (QED) is 0.0447. The second-order valence-electron chi connectivity index (χ2n) is 24.6. The third-order valence-electron chi connectivity index (χ3n) is 16.5. The second-order valence-corrected chi connectivity index (χ2v) is 30.1. The molecule has 0 unspecified atom stereocenters. The molecule has 8 heterocycles. The lowest BCUT2D eigenvalue weighted by Crippen LogP contribution is -2.07. The zero-order valence-corrected chi connectivity index (χ0v) is 68.3. The highest BCUT2D eigenvalue weighted by molar-refractivity contribution is 7.98. The molecule has 0 spiro atoms. The summed E-state index contributed by atoms with van der Waals surface area (Å²) in [5.74, 6) is -0.640. The van der Waals surface area contributed by atoms with Crippen molar-refractivity contribution < 1.29 is 38.5 Å². The standard InChI is InChI=1S/C21H17ClN4O2S2.C21H17ClN4O2S.C20H15ClN4O2S.C19H13ClN4O2S/c1-13-6-5-7-14(10-13)20-23-19(25-30-20)18-11-16(21(27)28-12-29-2)24-26(18)17-9-4-3-8-15(17)22;1-3-28-21(27)16-12-18(26(24-16)17-10-5-4-9-15(17)22)19-23-20(29-25-19)14-8-6-7-13(2)11-14;1-12-6-5-7-13(10-12)19-22-18(24-28-19)17-11-15(20(26)27-2)23-25(17)16-9-4-3-8-14(16)21;1-11-5-4-6-12(9-11)18-21-17(23-27-18)16-10-14(19(25)26)22-24(16)15-8-3-2-7-13(15)20/h3-11H,12H2,1-2H3;4-12H,3H2,1-2H3;3-11H,1-2H3;2-10H,1H3,(H,25,26). The van der Waals surface area contributed by atoms with Crippen LogP contribution in [0.4, 0.5) is 0 Å². The monoisotopic (exact) mass is 1690 g/mol. The van der Waals surface area contributed by atoms with Crippen LogP contribution in [-0.4, -0.2) is 131 Å². The van der Waals surface area contributed by atoms with E-state index in [9.17, 15) is 24.3 Å². The van der Waals surface area contributed by atoms with Crippen LogP contribution >= 0.6 is 104 Å². The molecule has 0 radical (unpaired) electrons. The van der Waals surface area contributed by atoms with E-state index in [1.54, 1.807) is 81.6 Å². The molecule has 1 N–H and O–H groups in total. The van der Waals surface area contributed by atoms with Crippen molar-refractivity contribution in [3.63, 3.8) is 0 Å². The second kappa shape index (κ2) is 36.8. The van der Waals surface area contributed by atoms with Crippen molar-refractivity contribution in [2.75, 3.05) is 25.9 Å². The van der Waals surface area contributed by atoms with E-state index in [1.807, 2.05) is 167 Å². The van der Waals surface area contributed by atoms with Crippen LogP contribution in [-0.2, 0) is 14.2 Å². The molecule has 33 heteroatoms. The summed E-state index contributed by atoms with van der Waals surface area (Å²) in [5.41, 5.74) is 13.5. The number of aromatic carboxylic acids is 1. The first-order valence-electron chi connectivity index (χ1n) is 34.4. The first-order chi connectivity index (χ1) is 55.2. The maximum Gasteiger partial charge on any atom is 0.359 e. The van der Waals surface area contributed by atoms with Crippen molar-refractivity contribution in [2.45, 2.75) is 34.6 Å². The van der Waals surface area contributed by atoms with Crippen LogP contribution in [0.1, 0.15) is 71.1 Å². The third-order valence-corrected chi connectivity index (χ3v) is 21.1. The Morgan fingerprint density at radius 3 is 0.912 bits per heavy atom. The molecule has 0 fully saturated rings. The molecular formula is C81H62Cl4N16O8S5. The first-order valence-corrected chi connectivity index (χ1v) is 40.4. The Bertz CT molecular complexity index is 6190. The van der Waals surface area contributed by atoms with Crippen molar-refractivity contribution in [3.05, 3.63) is 284 Å². The van der Waals surface area contributed by atoms with Gasteiger partial charge in [0.25, 0.3) is 0 Å². The van der Waals surface area contributed by atoms with E-state index in [2.05, 4.69) is 76.0 Å². The number of thioether (sulfide) groups is 1. The lowest BCUT2D eigenvalue weighted by atomic mass is 10.1. The molecule has 0 atom stereocenters. The summed E-state index contributed by atoms with van der Waals surface area (Å²) >= 11 is 31.9. The van der Waals surface area contributed by atoms with Gasteiger partial charge in [0, 0.05) is 46.5 Å². The minimum Gasteiger partial charge on any atom is -0.476 e. The van der Waals surface area contributed by atoms with Crippen molar-refractivity contribution in [1.82, 2.24) is 76.6 Å². The van der Waals surface area contributed by atoms with Crippen molar-refractivity contribution in [1.29, 1.82) is 0 Å². The SMILES string of the molecule is CCOC(=O)c1cc(-c2nsc(-c3cccc(C)c3)n2)n(-c2ccccc2Cl)n1.COC(=O)c1cc(-c2nsc(-c3cccc(C)c3)n2)n(-c2ccccc2Cl)n1.CSCOC(=O)c1cc(-c2nsc(-c3cccc(C)c3)n2)n(-c2ccccc2Cl)n1.Cc1cccc(-c2nc(-c3cc(C(=O)O)nn3-c3ccccc3Cl)ns2)c1. The van der Waals surface area contributed by atoms with Crippen LogP contribution in [0.25, 0.3) is 111 Å². The number of carboxylic acids is 1. The average molecular weight is 1690 g/mol. The van der Waals surface area contributed by atoms with E-state index in [0.717, 1.165) is 64.5 Å². The molecule has 8 aromatic heterocycles. The van der Waals surface area contributed by atoms with Crippen molar-refractivity contribution >= 4 is 128 Å². The summed E-state index contributed by atoms with van der Waals surface area (Å²) in [6, 6.07) is 67.3. The van der Waals surface area contributed by atoms with Crippen LogP contribution in [0, 0.1) is 27.7 Å². The summed E-state index contributed by atoms with van der Waals surface area (Å²) in [6.07, 6.45) is 1.85. The molecule has 0 saturated heterocycles. The Morgan fingerprint density at radius 1 is 0.377 bits per heavy atom. The molecule has 16 rings (SSSR count). The lowest BCUT2D eigenvalue weighted by molar-refractivity contribution is 0.0516. The summed E-state index contributed by atoms with van der Waals surface area (Å²) in [7, 11) is 1.31. The van der Waals surface area contributed by atoms with Gasteiger partial charge in [0.15, 0.2) is 46.1 Å². The number of aromatic nitrogens is 16. The Morgan fingerprint density at radius 2 is 0.649 bits per heavy atom. The van der Waals surface area contributed by atoms with Gasteiger partial charge in [-0.2, -0.15) is 37.9 Å². The minimum absolute atomic E-state index is 0.100. The van der Waals surface area contributed by atoms with Gasteiger partial charge in [0.2, 0.25) is 0 Å². The average Bonchev–Trinajstić information content (AvgIpc) is 1.65. The minimum atomic E-state index is -1.13. The molecule has 0 saturated carbocycles. The summed E-state index contributed by atoms with van der Waals surface area (Å²) < 4.78 is 39.2. The van der Waals surface area contributed by atoms with Crippen LogP contribution < -0.4 is 0 Å². The molecule has 0 bridgehead atoms. The molecule has 0 aliphatic heterocycles. The fraction of sp³-hybridized carbons (Fsp3) is 0.111. The Balaban J connectivity index is 0.000000133. The zero-order valence-electron chi connectivity index (χ0n) is 61.2. The normalized spacial score (nSPS) is 10.9. The first kappa shape index (κ1) is 80.3. The number of ether oxygens (including phenoxy) is 3. The van der Waals surface area contributed by atoms with Gasteiger partial charge in [0.1, 0.15) is 48.7 Å². The molecule has 572 valence electrons. The Hall–Kier alpha value is -11.8. The number of esters is 3. The topological polar surface area (TPSA) is 291 Å². The number of para-hydroxylation sites is 4. The maximum atomic E-state index is 12.4. The summed E-state index contributed by atoms with van der Waals surface area (Å²) in [4.78, 5) is 66.7. The van der Waals surface area contributed by atoms with E-state index in [4.69, 9.17) is 60.6 Å². The Labute approximate surface area is 692 Å². The fourth-order valence-corrected chi connectivity index (χ4v) is 14.9. The zero-order chi connectivity index (χ0) is 80.1.